The summed E-state index contributed by atoms with van der Waals surface area (Å²) in [6.07, 6.45) is 3.34. The summed E-state index contributed by atoms with van der Waals surface area (Å²) < 4.78 is 20.1. The Hall–Kier alpha value is -2.69. The smallest absolute Gasteiger partial charge is 0.218 e. The first-order chi connectivity index (χ1) is 9.83. The van der Waals surface area contributed by atoms with Gasteiger partial charge in [0.15, 0.2) is 5.82 Å². The number of rotatable bonds is 4. The molecule has 0 aliphatic rings. The second-order valence-electron chi connectivity index (χ2n) is 4.18. The van der Waals surface area contributed by atoms with Gasteiger partial charge in [-0.15, -0.1) is 0 Å². The van der Waals surface area contributed by atoms with Gasteiger partial charge in [-0.1, -0.05) is 18.2 Å². The molecule has 20 heavy (non-hydrogen) atoms. The van der Waals surface area contributed by atoms with Crippen LogP contribution >= 0.6 is 0 Å². The molecule has 2 aromatic heterocycles. The first-order valence-electron chi connectivity index (χ1n) is 6.15. The van der Waals surface area contributed by atoms with Crippen molar-refractivity contribution in [2.24, 2.45) is 0 Å². The van der Waals surface area contributed by atoms with Gasteiger partial charge in [0.25, 0.3) is 0 Å². The molecule has 100 valence electrons. The Morgan fingerprint density at radius 3 is 2.60 bits per heavy atom. The molecular weight excluding hydrogens is 257 g/mol. The fourth-order valence-corrected chi connectivity index (χ4v) is 1.79. The molecule has 0 radical (unpaired) electrons. The van der Waals surface area contributed by atoms with Crippen LogP contribution in [0.1, 0.15) is 5.56 Å². The Morgan fingerprint density at radius 2 is 1.85 bits per heavy atom. The van der Waals surface area contributed by atoms with Crippen LogP contribution in [0.3, 0.4) is 0 Å². The predicted molar refractivity (Wildman–Crippen MR) is 72.1 cm³/mol. The largest absolute Gasteiger partial charge is 0.473 e. The fourth-order valence-electron chi connectivity index (χ4n) is 1.79. The van der Waals surface area contributed by atoms with E-state index in [0.29, 0.717) is 18.3 Å². The van der Waals surface area contributed by atoms with Crippen molar-refractivity contribution in [3.63, 3.8) is 0 Å². The highest BCUT2D eigenvalue weighted by Crippen LogP contribution is 2.16. The number of pyridine rings is 1. The monoisotopic (exact) mass is 269 g/mol. The zero-order valence-corrected chi connectivity index (χ0v) is 10.6. The lowest BCUT2D eigenvalue weighted by Crippen LogP contribution is -2.04. The minimum Gasteiger partial charge on any atom is -0.473 e. The maximum atomic E-state index is 12.8. The number of halogens is 1. The molecule has 5 heteroatoms. The Labute approximate surface area is 115 Å². The van der Waals surface area contributed by atoms with Gasteiger partial charge in [-0.05, 0) is 29.8 Å². The van der Waals surface area contributed by atoms with E-state index >= 15 is 0 Å². The van der Waals surface area contributed by atoms with Crippen LogP contribution in [-0.4, -0.2) is 14.8 Å². The third-order valence-corrected chi connectivity index (χ3v) is 2.77. The second-order valence-corrected chi connectivity index (χ2v) is 4.18. The van der Waals surface area contributed by atoms with Gasteiger partial charge in [-0.2, -0.15) is 9.78 Å². The predicted octanol–water partition coefficient (Wildman–Crippen LogP) is 2.99. The summed E-state index contributed by atoms with van der Waals surface area (Å²) in [5.41, 5.74) is 0.889. The zero-order valence-electron chi connectivity index (χ0n) is 10.6. The number of hydrogen-bond donors (Lipinski definition) is 0. The van der Waals surface area contributed by atoms with Crippen molar-refractivity contribution in [3.05, 3.63) is 72.3 Å². The highest BCUT2D eigenvalue weighted by Gasteiger charge is 2.06. The number of ether oxygens (including phenoxy) is 1. The highest BCUT2D eigenvalue weighted by molar-refractivity contribution is 5.27. The lowest BCUT2D eigenvalue weighted by atomic mass is 10.2. The first kappa shape index (κ1) is 12.3. The molecule has 0 aliphatic carbocycles. The minimum atomic E-state index is -0.257. The molecule has 0 atom stereocenters. The Bertz CT molecular complexity index is 680. The van der Waals surface area contributed by atoms with Gasteiger partial charge < -0.3 is 4.74 Å². The summed E-state index contributed by atoms with van der Waals surface area (Å²) in [5, 5.41) is 4.18. The maximum absolute atomic E-state index is 12.8. The van der Waals surface area contributed by atoms with Crippen LogP contribution in [0.25, 0.3) is 5.82 Å². The van der Waals surface area contributed by atoms with Crippen LogP contribution in [0.4, 0.5) is 4.39 Å². The third kappa shape index (κ3) is 2.66. The number of benzene rings is 1. The maximum Gasteiger partial charge on any atom is 0.218 e. The van der Waals surface area contributed by atoms with Crippen molar-refractivity contribution in [2.45, 2.75) is 6.61 Å². The van der Waals surface area contributed by atoms with Gasteiger partial charge in [0.1, 0.15) is 12.4 Å². The van der Waals surface area contributed by atoms with Gasteiger partial charge in [-0.25, -0.2) is 9.37 Å². The highest BCUT2D eigenvalue weighted by atomic mass is 19.1. The standard InChI is InChI=1S/C15H12FN3O/c16-13-6-4-12(5-7-13)11-20-15-8-10-18-19(15)14-3-1-2-9-17-14/h1-10H,11H2. The Balaban J connectivity index is 1.76. The van der Waals surface area contributed by atoms with E-state index in [9.17, 15) is 4.39 Å². The van der Waals surface area contributed by atoms with Crippen molar-refractivity contribution >= 4 is 0 Å². The van der Waals surface area contributed by atoms with E-state index in [4.69, 9.17) is 4.74 Å². The number of hydrogen-bond acceptors (Lipinski definition) is 3. The molecule has 0 fully saturated rings. The van der Waals surface area contributed by atoms with Gasteiger partial charge in [0.2, 0.25) is 5.88 Å². The Morgan fingerprint density at radius 1 is 1.00 bits per heavy atom. The SMILES string of the molecule is Fc1ccc(COc2ccnn2-c2ccccn2)cc1. The molecule has 2 heterocycles. The van der Waals surface area contributed by atoms with Gasteiger partial charge in [0, 0.05) is 12.3 Å². The minimum absolute atomic E-state index is 0.257. The lowest BCUT2D eigenvalue weighted by molar-refractivity contribution is 0.284. The number of nitrogens with zero attached hydrogens (tertiary/aromatic N) is 3. The molecule has 0 spiro atoms. The molecule has 0 saturated carbocycles. The first-order valence-corrected chi connectivity index (χ1v) is 6.15. The molecular formula is C15H12FN3O. The van der Waals surface area contributed by atoms with Crippen LogP contribution in [0.2, 0.25) is 0 Å². The van der Waals surface area contributed by atoms with Gasteiger partial charge in [-0.3, -0.25) is 0 Å². The summed E-state index contributed by atoms with van der Waals surface area (Å²) in [6, 6.07) is 13.5. The van der Waals surface area contributed by atoms with E-state index in [2.05, 4.69) is 10.1 Å². The van der Waals surface area contributed by atoms with E-state index in [1.54, 1.807) is 35.3 Å². The summed E-state index contributed by atoms with van der Waals surface area (Å²) in [4.78, 5) is 4.22. The quantitative estimate of drug-likeness (QED) is 0.731. The molecule has 0 aliphatic heterocycles. The van der Waals surface area contributed by atoms with Crippen molar-refractivity contribution in [1.82, 2.24) is 14.8 Å². The van der Waals surface area contributed by atoms with Crippen molar-refractivity contribution in [2.75, 3.05) is 0 Å². The van der Waals surface area contributed by atoms with Crippen LogP contribution < -0.4 is 4.74 Å². The molecule has 0 amide bonds. The number of aromatic nitrogens is 3. The second kappa shape index (κ2) is 5.52. The van der Waals surface area contributed by atoms with Crippen molar-refractivity contribution < 1.29 is 9.13 Å². The molecule has 3 aromatic rings. The van der Waals surface area contributed by atoms with E-state index < -0.39 is 0 Å². The summed E-state index contributed by atoms with van der Waals surface area (Å²) in [7, 11) is 0. The van der Waals surface area contributed by atoms with Gasteiger partial charge in [0.05, 0.1) is 6.20 Å². The fraction of sp³-hybridized carbons (Fsp3) is 0.0667. The molecule has 0 saturated heterocycles. The molecule has 1 aromatic carbocycles. The van der Waals surface area contributed by atoms with E-state index in [1.807, 2.05) is 18.2 Å². The Kier molecular flexibility index (Phi) is 3.41. The van der Waals surface area contributed by atoms with Crippen LogP contribution in [0, 0.1) is 5.82 Å². The third-order valence-electron chi connectivity index (χ3n) is 2.77. The van der Waals surface area contributed by atoms with Crippen LogP contribution in [0.5, 0.6) is 5.88 Å². The topological polar surface area (TPSA) is 39.9 Å². The molecule has 4 nitrogen and oxygen atoms in total. The van der Waals surface area contributed by atoms with Crippen molar-refractivity contribution in [3.8, 4) is 11.7 Å². The van der Waals surface area contributed by atoms with Crippen molar-refractivity contribution in [1.29, 1.82) is 0 Å². The van der Waals surface area contributed by atoms with Crippen LogP contribution in [-0.2, 0) is 6.61 Å². The normalized spacial score (nSPS) is 10.4. The van der Waals surface area contributed by atoms with Gasteiger partial charge >= 0.3 is 0 Å². The summed E-state index contributed by atoms with van der Waals surface area (Å²) >= 11 is 0. The van der Waals surface area contributed by atoms with E-state index in [0.717, 1.165) is 5.56 Å². The lowest BCUT2D eigenvalue weighted by Gasteiger charge is -2.08. The average Bonchev–Trinajstić information content (AvgIpc) is 2.96. The summed E-state index contributed by atoms with van der Waals surface area (Å²) in [5.74, 6) is 1.02. The molecule has 0 unspecified atom stereocenters. The van der Waals surface area contributed by atoms with E-state index in [1.165, 1.54) is 12.1 Å². The zero-order chi connectivity index (χ0) is 13.8. The molecule has 0 bridgehead atoms. The van der Waals surface area contributed by atoms with E-state index in [-0.39, 0.29) is 5.82 Å². The average molecular weight is 269 g/mol. The molecule has 0 N–H and O–H groups in total. The molecule has 3 rings (SSSR count). The van der Waals surface area contributed by atoms with Crippen LogP contribution in [0.15, 0.2) is 60.9 Å². The summed E-state index contributed by atoms with van der Waals surface area (Å²) in [6.45, 7) is 0.346.